The van der Waals surface area contributed by atoms with Crippen molar-refractivity contribution in [2.75, 3.05) is 11.1 Å². The monoisotopic (exact) mass is 285 g/mol. The van der Waals surface area contributed by atoms with Gasteiger partial charge < -0.3 is 5.73 Å². The SMILES string of the molecule is Nc1nc(NC(=O)c2cccs2)nn1-c1ccccc1. The van der Waals surface area contributed by atoms with E-state index >= 15 is 0 Å². The summed E-state index contributed by atoms with van der Waals surface area (Å²) in [5.41, 5.74) is 6.59. The first-order chi connectivity index (χ1) is 9.74. The van der Waals surface area contributed by atoms with Crippen LogP contribution in [-0.2, 0) is 0 Å². The first kappa shape index (κ1) is 12.4. The molecule has 0 aliphatic heterocycles. The van der Waals surface area contributed by atoms with E-state index in [-0.39, 0.29) is 17.8 Å². The van der Waals surface area contributed by atoms with Crippen LogP contribution < -0.4 is 11.1 Å². The lowest BCUT2D eigenvalue weighted by atomic mass is 10.3. The molecule has 0 aliphatic carbocycles. The second kappa shape index (κ2) is 5.14. The van der Waals surface area contributed by atoms with Crippen LogP contribution in [0.5, 0.6) is 0 Å². The van der Waals surface area contributed by atoms with Gasteiger partial charge in [-0.1, -0.05) is 24.3 Å². The molecule has 0 unspecified atom stereocenters. The lowest BCUT2D eigenvalue weighted by Gasteiger charge is -2.00. The van der Waals surface area contributed by atoms with Crippen molar-refractivity contribution in [3.05, 3.63) is 52.7 Å². The van der Waals surface area contributed by atoms with Crippen LogP contribution in [0.2, 0.25) is 0 Å². The Bertz CT molecular complexity index is 721. The van der Waals surface area contributed by atoms with Crippen LogP contribution >= 0.6 is 11.3 Å². The standard InChI is InChI=1S/C13H11N5OS/c14-12-16-13(15-11(19)10-7-4-8-20-10)17-18(12)9-5-2-1-3-6-9/h1-8H,(H3,14,15,16,17,19). The number of rotatable bonds is 3. The van der Waals surface area contributed by atoms with Crippen LogP contribution in [0.15, 0.2) is 47.8 Å². The highest BCUT2D eigenvalue weighted by Gasteiger charge is 2.13. The maximum absolute atomic E-state index is 11.9. The number of nitrogens with zero attached hydrogens (tertiary/aromatic N) is 3. The number of thiophene rings is 1. The van der Waals surface area contributed by atoms with Crippen molar-refractivity contribution >= 4 is 29.1 Å². The lowest BCUT2D eigenvalue weighted by molar-refractivity contribution is 0.102. The molecule has 100 valence electrons. The van der Waals surface area contributed by atoms with Crippen LogP contribution in [-0.4, -0.2) is 20.7 Å². The summed E-state index contributed by atoms with van der Waals surface area (Å²) < 4.78 is 1.48. The molecule has 0 aliphatic rings. The number of hydrogen-bond donors (Lipinski definition) is 2. The molecule has 7 heteroatoms. The zero-order valence-electron chi connectivity index (χ0n) is 10.4. The number of amides is 1. The highest BCUT2D eigenvalue weighted by atomic mass is 32.1. The molecule has 0 atom stereocenters. The molecule has 0 saturated heterocycles. The molecule has 2 aromatic heterocycles. The summed E-state index contributed by atoms with van der Waals surface area (Å²) in [7, 11) is 0. The molecular weight excluding hydrogens is 274 g/mol. The number of anilines is 2. The van der Waals surface area contributed by atoms with E-state index in [1.165, 1.54) is 16.0 Å². The molecule has 0 fully saturated rings. The van der Waals surface area contributed by atoms with E-state index in [9.17, 15) is 4.79 Å². The Kier molecular flexibility index (Phi) is 3.18. The molecule has 0 spiro atoms. The highest BCUT2D eigenvalue weighted by molar-refractivity contribution is 7.12. The van der Waals surface area contributed by atoms with Gasteiger partial charge in [-0.2, -0.15) is 9.67 Å². The fraction of sp³-hybridized carbons (Fsp3) is 0. The first-order valence-electron chi connectivity index (χ1n) is 5.87. The van der Waals surface area contributed by atoms with E-state index in [1.807, 2.05) is 41.8 Å². The highest BCUT2D eigenvalue weighted by Crippen LogP contribution is 2.15. The van der Waals surface area contributed by atoms with E-state index in [1.54, 1.807) is 6.07 Å². The minimum absolute atomic E-state index is 0.185. The average molecular weight is 285 g/mol. The number of carbonyl (C=O) groups excluding carboxylic acids is 1. The lowest BCUT2D eigenvalue weighted by Crippen LogP contribution is -2.11. The molecule has 3 N–H and O–H groups in total. The summed E-state index contributed by atoms with van der Waals surface area (Å²) in [6.45, 7) is 0. The third-order valence-corrected chi connectivity index (χ3v) is 3.47. The second-order valence-corrected chi connectivity index (χ2v) is 4.92. The molecule has 3 rings (SSSR count). The summed E-state index contributed by atoms with van der Waals surface area (Å²) in [5.74, 6) is 0.160. The van der Waals surface area contributed by atoms with Gasteiger partial charge >= 0.3 is 0 Å². The summed E-state index contributed by atoms with van der Waals surface area (Å²) in [6, 6.07) is 12.9. The summed E-state index contributed by atoms with van der Waals surface area (Å²) in [5, 5.41) is 8.64. The minimum atomic E-state index is -0.245. The molecule has 1 aromatic carbocycles. The van der Waals surface area contributed by atoms with Crippen LogP contribution in [0.1, 0.15) is 9.67 Å². The number of aromatic nitrogens is 3. The number of benzene rings is 1. The van der Waals surface area contributed by atoms with Gasteiger partial charge in [-0.25, -0.2) is 0 Å². The van der Waals surface area contributed by atoms with Gasteiger partial charge in [0.05, 0.1) is 10.6 Å². The van der Waals surface area contributed by atoms with Gasteiger partial charge in [0, 0.05) is 0 Å². The number of hydrogen-bond acceptors (Lipinski definition) is 5. The smallest absolute Gasteiger partial charge is 0.268 e. The zero-order chi connectivity index (χ0) is 13.9. The normalized spacial score (nSPS) is 10.4. The third-order valence-electron chi connectivity index (χ3n) is 2.60. The van der Waals surface area contributed by atoms with Crippen LogP contribution in [0.25, 0.3) is 5.69 Å². The molecule has 3 aromatic rings. The van der Waals surface area contributed by atoms with Crippen molar-refractivity contribution in [2.45, 2.75) is 0 Å². The van der Waals surface area contributed by atoms with Crippen molar-refractivity contribution in [3.63, 3.8) is 0 Å². The third kappa shape index (κ3) is 2.39. The predicted octanol–water partition coefficient (Wildman–Crippen LogP) is 2.16. The minimum Gasteiger partial charge on any atom is -0.368 e. The number of nitrogens with two attached hydrogens (primary N) is 1. The molecule has 1 amide bonds. The van der Waals surface area contributed by atoms with Gasteiger partial charge in [0.25, 0.3) is 11.9 Å². The van der Waals surface area contributed by atoms with Gasteiger partial charge in [-0.15, -0.1) is 16.4 Å². The number of nitrogens with one attached hydrogen (secondary N) is 1. The molecule has 20 heavy (non-hydrogen) atoms. The maximum Gasteiger partial charge on any atom is 0.268 e. The van der Waals surface area contributed by atoms with Gasteiger partial charge in [0.2, 0.25) is 5.95 Å². The molecule has 0 bridgehead atoms. The Hall–Kier alpha value is -2.67. The van der Waals surface area contributed by atoms with Crippen molar-refractivity contribution in [1.29, 1.82) is 0 Å². The Morgan fingerprint density at radius 3 is 2.70 bits per heavy atom. The number of para-hydroxylation sites is 1. The number of carbonyl (C=O) groups is 1. The summed E-state index contributed by atoms with van der Waals surface area (Å²) in [4.78, 5) is 16.5. The summed E-state index contributed by atoms with van der Waals surface area (Å²) in [6.07, 6.45) is 0. The predicted molar refractivity (Wildman–Crippen MR) is 78.0 cm³/mol. The Balaban J connectivity index is 1.85. The molecular formula is C13H11N5OS. The quantitative estimate of drug-likeness (QED) is 0.772. The largest absolute Gasteiger partial charge is 0.368 e. The zero-order valence-corrected chi connectivity index (χ0v) is 11.2. The van der Waals surface area contributed by atoms with Crippen molar-refractivity contribution in [1.82, 2.24) is 14.8 Å². The Morgan fingerprint density at radius 1 is 1.20 bits per heavy atom. The van der Waals surface area contributed by atoms with E-state index in [0.717, 1.165) is 5.69 Å². The molecule has 0 radical (unpaired) electrons. The van der Waals surface area contributed by atoms with Crippen LogP contribution in [0.4, 0.5) is 11.9 Å². The van der Waals surface area contributed by atoms with E-state index < -0.39 is 0 Å². The molecule has 6 nitrogen and oxygen atoms in total. The fourth-order valence-corrected chi connectivity index (χ4v) is 2.33. The van der Waals surface area contributed by atoms with E-state index in [4.69, 9.17) is 5.73 Å². The van der Waals surface area contributed by atoms with Crippen LogP contribution in [0.3, 0.4) is 0 Å². The molecule has 2 heterocycles. The topological polar surface area (TPSA) is 85.8 Å². The summed E-state index contributed by atoms with van der Waals surface area (Å²) >= 11 is 1.35. The fourth-order valence-electron chi connectivity index (χ4n) is 1.71. The van der Waals surface area contributed by atoms with Crippen molar-refractivity contribution in [3.8, 4) is 5.69 Å². The van der Waals surface area contributed by atoms with E-state index in [2.05, 4.69) is 15.4 Å². The first-order valence-corrected chi connectivity index (χ1v) is 6.75. The molecule has 0 saturated carbocycles. The Labute approximate surface area is 118 Å². The van der Waals surface area contributed by atoms with Crippen molar-refractivity contribution < 1.29 is 4.79 Å². The van der Waals surface area contributed by atoms with Crippen LogP contribution in [0, 0.1) is 0 Å². The van der Waals surface area contributed by atoms with Gasteiger partial charge in [-0.05, 0) is 23.6 Å². The van der Waals surface area contributed by atoms with Gasteiger partial charge in [0.1, 0.15) is 0 Å². The van der Waals surface area contributed by atoms with E-state index in [0.29, 0.717) is 4.88 Å². The maximum atomic E-state index is 11.9. The second-order valence-electron chi connectivity index (χ2n) is 3.97. The van der Waals surface area contributed by atoms with Gasteiger partial charge in [-0.3, -0.25) is 10.1 Å². The Morgan fingerprint density at radius 2 is 2.00 bits per heavy atom. The number of nitrogen functional groups attached to an aromatic ring is 1. The van der Waals surface area contributed by atoms with Crippen molar-refractivity contribution in [2.24, 2.45) is 0 Å². The average Bonchev–Trinajstić information content (AvgIpc) is 3.09. The van der Waals surface area contributed by atoms with Gasteiger partial charge in [0.15, 0.2) is 0 Å².